The molecule has 0 radical (unpaired) electrons. The fourth-order valence-corrected chi connectivity index (χ4v) is 3.28. The van der Waals surface area contributed by atoms with Crippen LogP contribution in [0.1, 0.15) is 23.7 Å². The minimum absolute atomic E-state index is 0.0676. The molecule has 30 heavy (non-hydrogen) atoms. The molecule has 0 aliphatic rings. The smallest absolute Gasteiger partial charge is 0.416 e. The van der Waals surface area contributed by atoms with E-state index in [9.17, 15) is 23.1 Å². The summed E-state index contributed by atoms with van der Waals surface area (Å²) in [5.74, 6) is 0.199. The summed E-state index contributed by atoms with van der Waals surface area (Å²) in [5.41, 5.74) is 0.337. The number of rotatable bonds is 4. The Bertz CT molecular complexity index is 1170. The van der Waals surface area contributed by atoms with Gasteiger partial charge in [0.05, 0.1) is 16.1 Å². The minimum atomic E-state index is -4.50. The molecule has 1 aromatic heterocycles. The fourth-order valence-electron chi connectivity index (χ4n) is 3.06. The first-order valence-corrected chi connectivity index (χ1v) is 9.35. The highest BCUT2D eigenvalue weighted by Crippen LogP contribution is 2.38. The summed E-state index contributed by atoms with van der Waals surface area (Å²) < 4.78 is 45.2. The van der Waals surface area contributed by atoms with Crippen LogP contribution in [0.3, 0.4) is 0 Å². The highest BCUT2D eigenvalue weighted by molar-refractivity contribution is 6.32. The van der Waals surface area contributed by atoms with Gasteiger partial charge in [-0.15, -0.1) is 0 Å². The van der Waals surface area contributed by atoms with Crippen molar-refractivity contribution in [2.24, 2.45) is 7.05 Å². The van der Waals surface area contributed by atoms with Crippen molar-refractivity contribution in [3.05, 3.63) is 68.6 Å². The number of halogens is 4. The zero-order chi connectivity index (χ0) is 22.2. The summed E-state index contributed by atoms with van der Waals surface area (Å²) in [4.78, 5) is 12.5. The van der Waals surface area contributed by atoms with Crippen LogP contribution in [0.15, 0.2) is 41.2 Å². The van der Waals surface area contributed by atoms with Crippen LogP contribution >= 0.6 is 11.6 Å². The van der Waals surface area contributed by atoms with E-state index in [2.05, 4.69) is 5.10 Å². The predicted molar refractivity (Wildman–Crippen MR) is 107 cm³/mol. The number of benzene rings is 2. The Labute approximate surface area is 175 Å². The Kier molecular flexibility index (Phi) is 5.81. The first kappa shape index (κ1) is 21.7. The lowest BCUT2D eigenvalue weighted by Gasteiger charge is -2.15. The van der Waals surface area contributed by atoms with Gasteiger partial charge in [0.2, 0.25) is 0 Å². The molecule has 158 valence electrons. The SMILES string of the molecule is CCc1cc(Oc2ccc(C(F)(F)F)cc2Cl)ccc1-c1c(O)c(C)nn(C)c1=O. The average molecular weight is 439 g/mol. The van der Waals surface area contributed by atoms with E-state index in [-0.39, 0.29) is 22.1 Å². The molecule has 0 saturated carbocycles. The molecule has 0 fully saturated rings. The van der Waals surface area contributed by atoms with Gasteiger partial charge in [-0.25, -0.2) is 4.68 Å². The van der Waals surface area contributed by atoms with E-state index >= 15 is 0 Å². The van der Waals surface area contributed by atoms with Crippen LogP contribution in [0, 0.1) is 6.92 Å². The number of hydrogen-bond donors (Lipinski definition) is 1. The van der Waals surface area contributed by atoms with Gasteiger partial charge in [-0.05, 0) is 54.8 Å². The topological polar surface area (TPSA) is 64.3 Å². The molecule has 0 spiro atoms. The summed E-state index contributed by atoms with van der Waals surface area (Å²) >= 11 is 5.95. The summed E-state index contributed by atoms with van der Waals surface area (Å²) in [7, 11) is 1.49. The van der Waals surface area contributed by atoms with Crippen molar-refractivity contribution in [2.75, 3.05) is 0 Å². The quantitative estimate of drug-likeness (QED) is 0.585. The molecule has 5 nitrogen and oxygen atoms in total. The summed E-state index contributed by atoms with van der Waals surface area (Å²) in [6.45, 7) is 3.46. The zero-order valence-corrected chi connectivity index (χ0v) is 17.1. The molecule has 1 N–H and O–H groups in total. The third-order valence-electron chi connectivity index (χ3n) is 4.60. The molecule has 0 amide bonds. The average Bonchev–Trinajstić information content (AvgIpc) is 2.68. The number of nitrogens with zero attached hydrogens (tertiary/aromatic N) is 2. The highest BCUT2D eigenvalue weighted by Gasteiger charge is 2.31. The maximum Gasteiger partial charge on any atom is 0.416 e. The van der Waals surface area contributed by atoms with E-state index in [1.54, 1.807) is 25.1 Å². The normalized spacial score (nSPS) is 11.6. The number of hydrogen-bond acceptors (Lipinski definition) is 4. The van der Waals surface area contributed by atoms with Crippen LogP contribution in [0.25, 0.3) is 11.1 Å². The molecule has 1 heterocycles. The molecule has 2 aromatic carbocycles. The van der Waals surface area contributed by atoms with E-state index < -0.39 is 17.3 Å². The lowest BCUT2D eigenvalue weighted by Crippen LogP contribution is -2.22. The monoisotopic (exact) mass is 438 g/mol. The third-order valence-corrected chi connectivity index (χ3v) is 4.90. The molecule has 9 heteroatoms. The Morgan fingerprint density at radius 3 is 2.50 bits per heavy atom. The first-order chi connectivity index (χ1) is 14.0. The van der Waals surface area contributed by atoms with Crippen molar-refractivity contribution in [3.63, 3.8) is 0 Å². The lowest BCUT2D eigenvalue weighted by atomic mass is 9.97. The molecular weight excluding hydrogens is 421 g/mol. The molecule has 0 aliphatic carbocycles. The Morgan fingerprint density at radius 2 is 1.90 bits per heavy atom. The lowest BCUT2D eigenvalue weighted by molar-refractivity contribution is -0.137. The zero-order valence-electron chi connectivity index (χ0n) is 16.3. The standard InChI is InChI=1S/C21H18ClF3N2O3/c1-4-12-9-14(30-17-8-5-13(10-16(17)22)21(23,24)25)6-7-15(12)18-19(28)11(2)26-27(3)20(18)29/h5-10,28H,4H2,1-3H3. The van der Waals surface area contributed by atoms with Crippen molar-refractivity contribution in [3.8, 4) is 28.4 Å². The van der Waals surface area contributed by atoms with Gasteiger partial charge in [0.1, 0.15) is 17.2 Å². The minimum Gasteiger partial charge on any atom is -0.505 e. The molecular formula is C21H18ClF3N2O3. The van der Waals surface area contributed by atoms with Gasteiger partial charge in [-0.1, -0.05) is 24.6 Å². The van der Waals surface area contributed by atoms with Crippen LogP contribution in [0.4, 0.5) is 13.2 Å². The molecule has 0 atom stereocenters. The van der Waals surface area contributed by atoms with Crippen LogP contribution < -0.4 is 10.3 Å². The maximum atomic E-state index is 12.8. The van der Waals surface area contributed by atoms with Crippen molar-refractivity contribution in [1.29, 1.82) is 0 Å². The van der Waals surface area contributed by atoms with Gasteiger partial charge in [-0.2, -0.15) is 18.3 Å². The van der Waals surface area contributed by atoms with E-state index in [4.69, 9.17) is 16.3 Å². The second kappa shape index (κ2) is 8.02. The fraction of sp³-hybridized carbons (Fsp3) is 0.238. The van der Waals surface area contributed by atoms with Crippen LogP contribution in [0.2, 0.25) is 5.02 Å². The largest absolute Gasteiger partial charge is 0.505 e. The number of alkyl halides is 3. The molecule has 0 aliphatic heterocycles. The summed E-state index contributed by atoms with van der Waals surface area (Å²) in [6.07, 6.45) is -3.99. The third kappa shape index (κ3) is 4.14. The van der Waals surface area contributed by atoms with Crippen molar-refractivity contribution < 1.29 is 23.0 Å². The molecule has 0 unspecified atom stereocenters. The maximum absolute atomic E-state index is 12.8. The number of ether oxygens (including phenoxy) is 1. The van der Waals surface area contributed by atoms with Gasteiger partial charge in [0.15, 0.2) is 5.75 Å². The van der Waals surface area contributed by atoms with Gasteiger partial charge in [0.25, 0.3) is 5.56 Å². The van der Waals surface area contributed by atoms with Crippen molar-refractivity contribution in [2.45, 2.75) is 26.4 Å². The number of aryl methyl sites for hydroxylation is 3. The Morgan fingerprint density at radius 1 is 1.20 bits per heavy atom. The van der Waals surface area contributed by atoms with Gasteiger partial charge >= 0.3 is 6.18 Å². The van der Waals surface area contributed by atoms with Crippen LogP contribution in [-0.4, -0.2) is 14.9 Å². The van der Waals surface area contributed by atoms with Gasteiger partial charge < -0.3 is 9.84 Å². The molecule has 3 rings (SSSR count). The first-order valence-electron chi connectivity index (χ1n) is 8.97. The van der Waals surface area contributed by atoms with Gasteiger partial charge in [0, 0.05) is 7.05 Å². The van der Waals surface area contributed by atoms with E-state index in [1.807, 2.05) is 6.92 Å². The van der Waals surface area contributed by atoms with Crippen molar-refractivity contribution in [1.82, 2.24) is 9.78 Å². The van der Waals surface area contributed by atoms with E-state index in [0.717, 1.165) is 22.9 Å². The molecule has 0 bridgehead atoms. The molecule has 0 saturated heterocycles. The van der Waals surface area contributed by atoms with Crippen LogP contribution in [0.5, 0.6) is 17.2 Å². The second-order valence-corrected chi connectivity index (χ2v) is 7.06. The summed E-state index contributed by atoms with van der Waals surface area (Å²) in [5, 5.41) is 14.2. The van der Waals surface area contributed by atoms with Crippen LogP contribution in [-0.2, 0) is 19.6 Å². The Balaban J connectivity index is 2.02. The van der Waals surface area contributed by atoms with Gasteiger partial charge in [-0.3, -0.25) is 4.79 Å². The number of aromatic hydroxyl groups is 1. The molecule has 3 aromatic rings. The van der Waals surface area contributed by atoms with E-state index in [1.165, 1.54) is 7.05 Å². The summed E-state index contributed by atoms with van der Waals surface area (Å²) in [6, 6.07) is 7.65. The predicted octanol–water partition coefficient (Wildman–Crippen LogP) is 5.49. The second-order valence-electron chi connectivity index (χ2n) is 6.66. The highest BCUT2D eigenvalue weighted by atomic mass is 35.5. The number of aromatic nitrogens is 2. The van der Waals surface area contributed by atoms with Crippen molar-refractivity contribution >= 4 is 11.6 Å². The van der Waals surface area contributed by atoms with E-state index in [0.29, 0.717) is 29.0 Å². The Hall–Kier alpha value is -3.00.